The molecule has 0 spiro atoms. The van der Waals surface area contributed by atoms with Crippen LogP contribution in [0.3, 0.4) is 0 Å². The van der Waals surface area contributed by atoms with Crippen LogP contribution < -0.4 is 10.1 Å². The van der Waals surface area contributed by atoms with Gasteiger partial charge < -0.3 is 19.7 Å². The average Bonchev–Trinajstić information content (AvgIpc) is 2.94. The highest BCUT2D eigenvalue weighted by atomic mass is 19.3. The summed E-state index contributed by atoms with van der Waals surface area (Å²) >= 11 is 0. The molecule has 0 bridgehead atoms. The van der Waals surface area contributed by atoms with Crippen molar-refractivity contribution in [2.75, 3.05) is 40.5 Å². The molecule has 3 rings (SSSR count). The number of nitrogens with one attached hydrogen (secondary N) is 1. The standard InChI is InChI=1S/C19H25F2N3O4/c1-27-11-17(25)23-9-14(10-23)24-12-19(20,21)7-15(24)18(26)22-8-13-5-3-4-6-16(13)28-2/h3-6,14-15H,7-12H2,1-2H3,(H,22,26)/t15-/m0/s1. The summed E-state index contributed by atoms with van der Waals surface area (Å²) in [6.45, 7) is 0.341. The summed E-state index contributed by atoms with van der Waals surface area (Å²) in [5, 5.41) is 2.75. The van der Waals surface area contributed by atoms with E-state index in [1.807, 2.05) is 18.2 Å². The van der Waals surface area contributed by atoms with Gasteiger partial charge in [0.1, 0.15) is 12.4 Å². The normalized spacial score (nSPS) is 22.0. The molecule has 1 atom stereocenters. The monoisotopic (exact) mass is 397 g/mol. The Morgan fingerprint density at radius 2 is 1.96 bits per heavy atom. The number of hydrogen-bond acceptors (Lipinski definition) is 5. The predicted octanol–water partition coefficient (Wildman–Crippen LogP) is 0.878. The molecule has 1 aromatic carbocycles. The highest BCUT2D eigenvalue weighted by molar-refractivity contribution is 5.82. The molecule has 0 aliphatic carbocycles. The third-order valence-corrected chi connectivity index (χ3v) is 5.21. The molecule has 1 aromatic rings. The molecule has 2 aliphatic heterocycles. The van der Waals surface area contributed by atoms with E-state index >= 15 is 0 Å². The van der Waals surface area contributed by atoms with E-state index in [9.17, 15) is 18.4 Å². The number of halogens is 2. The molecule has 154 valence electrons. The summed E-state index contributed by atoms with van der Waals surface area (Å²) in [4.78, 5) is 27.5. The maximum absolute atomic E-state index is 14.0. The molecule has 2 amide bonds. The van der Waals surface area contributed by atoms with Gasteiger partial charge in [-0.1, -0.05) is 18.2 Å². The second-order valence-electron chi connectivity index (χ2n) is 7.16. The van der Waals surface area contributed by atoms with Crippen molar-refractivity contribution in [1.82, 2.24) is 15.1 Å². The molecule has 1 N–H and O–H groups in total. The lowest BCUT2D eigenvalue weighted by atomic mass is 10.1. The van der Waals surface area contributed by atoms with Crippen molar-refractivity contribution in [2.45, 2.75) is 31.0 Å². The molecule has 2 heterocycles. The van der Waals surface area contributed by atoms with E-state index in [2.05, 4.69) is 5.32 Å². The Morgan fingerprint density at radius 3 is 2.64 bits per heavy atom. The molecule has 2 saturated heterocycles. The second-order valence-corrected chi connectivity index (χ2v) is 7.16. The number of likely N-dealkylation sites (tertiary alicyclic amines) is 2. The highest BCUT2D eigenvalue weighted by Crippen LogP contribution is 2.35. The van der Waals surface area contributed by atoms with Crippen molar-refractivity contribution in [3.05, 3.63) is 29.8 Å². The second kappa shape index (κ2) is 8.40. The largest absolute Gasteiger partial charge is 0.496 e. The molecular weight excluding hydrogens is 372 g/mol. The molecular formula is C19H25F2N3O4. The summed E-state index contributed by atoms with van der Waals surface area (Å²) in [5.41, 5.74) is 0.773. The van der Waals surface area contributed by atoms with Crippen molar-refractivity contribution in [2.24, 2.45) is 0 Å². The van der Waals surface area contributed by atoms with Gasteiger partial charge in [0.15, 0.2) is 0 Å². The van der Waals surface area contributed by atoms with E-state index < -0.39 is 30.8 Å². The van der Waals surface area contributed by atoms with Crippen molar-refractivity contribution in [3.63, 3.8) is 0 Å². The van der Waals surface area contributed by atoms with Gasteiger partial charge in [-0.25, -0.2) is 8.78 Å². The van der Waals surface area contributed by atoms with Crippen LogP contribution in [0.4, 0.5) is 8.78 Å². The predicted molar refractivity (Wildman–Crippen MR) is 97.1 cm³/mol. The maximum atomic E-state index is 14.0. The van der Waals surface area contributed by atoms with Gasteiger partial charge in [0, 0.05) is 44.8 Å². The topological polar surface area (TPSA) is 71.1 Å². The average molecular weight is 397 g/mol. The van der Waals surface area contributed by atoms with Crippen molar-refractivity contribution in [1.29, 1.82) is 0 Å². The van der Waals surface area contributed by atoms with Crippen LogP contribution in [0.25, 0.3) is 0 Å². The van der Waals surface area contributed by atoms with E-state index in [0.717, 1.165) is 5.56 Å². The molecule has 28 heavy (non-hydrogen) atoms. The zero-order chi connectivity index (χ0) is 20.3. The quantitative estimate of drug-likeness (QED) is 0.740. The first-order chi connectivity index (χ1) is 13.3. The number of alkyl halides is 2. The minimum Gasteiger partial charge on any atom is -0.496 e. The Balaban J connectivity index is 1.61. The summed E-state index contributed by atoms with van der Waals surface area (Å²) in [7, 11) is 2.96. The molecule has 2 aliphatic rings. The SMILES string of the molecule is COCC(=O)N1CC(N2CC(F)(F)C[C@H]2C(=O)NCc2ccccc2OC)C1. The smallest absolute Gasteiger partial charge is 0.262 e. The number of amides is 2. The summed E-state index contributed by atoms with van der Waals surface area (Å²) < 4.78 is 38.1. The number of methoxy groups -OCH3 is 2. The Morgan fingerprint density at radius 1 is 1.25 bits per heavy atom. The van der Waals surface area contributed by atoms with Crippen molar-refractivity contribution < 1.29 is 27.8 Å². The van der Waals surface area contributed by atoms with Gasteiger partial charge in [0.25, 0.3) is 5.92 Å². The summed E-state index contributed by atoms with van der Waals surface area (Å²) in [6.07, 6.45) is -0.521. The maximum Gasteiger partial charge on any atom is 0.262 e. The van der Waals surface area contributed by atoms with Crippen LogP contribution in [0.2, 0.25) is 0 Å². The van der Waals surface area contributed by atoms with E-state index in [0.29, 0.717) is 18.8 Å². The Labute approximate surface area is 162 Å². The van der Waals surface area contributed by atoms with Crippen molar-refractivity contribution >= 4 is 11.8 Å². The van der Waals surface area contributed by atoms with Crippen LogP contribution in [0.1, 0.15) is 12.0 Å². The van der Waals surface area contributed by atoms with Crippen LogP contribution in [-0.4, -0.2) is 80.1 Å². The third kappa shape index (κ3) is 4.41. The number of para-hydroxylation sites is 1. The fourth-order valence-corrected chi connectivity index (χ4v) is 3.70. The Kier molecular flexibility index (Phi) is 6.14. The van der Waals surface area contributed by atoms with Crippen LogP contribution in [0.15, 0.2) is 24.3 Å². The van der Waals surface area contributed by atoms with E-state index in [-0.39, 0.29) is 25.1 Å². The summed E-state index contributed by atoms with van der Waals surface area (Å²) in [6, 6.07) is 6.05. The molecule has 7 nitrogen and oxygen atoms in total. The number of nitrogens with zero attached hydrogens (tertiary/aromatic N) is 2. The Hall–Kier alpha value is -2.26. The lowest BCUT2D eigenvalue weighted by molar-refractivity contribution is -0.144. The van der Waals surface area contributed by atoms with Crippen LogP contribution >= 0.6 is 0 Å². The number of hydrogen-bond donors (Lipinski definition) is 1. The van der Waals surface area contributed by atoms with Crippen molar-refractivity contribution in [3.8, 4) is 5.75 Å². The van der Waals surface area contributed by atoms with Gasteiger partial charge in [-0.15, -0.1) is 0 Å². The van der Waals surface area contributed by atoms with Gasteiger partial charge in [-0.05, 0) is 6.07 Å². The molecule has 0 saturated carbocycles. The first-order valence-corrected chi connectivity index (χ1v) is 9.14. The number of benzene rings is 1. The van der Waals surface area contributed by atoms with Gasteiger partial charge >= 0.3 is 0 Å². The Bertz CT molecular complexity index is 725. The fourth-order valence-electron chi connectivity index (χ4n) is 3.70. The zero-order valence-corrected chi connectivity index (χ0v) is 16.0. The molecule has 0 radical (unpaired) electrons. The third-order valence-electron chi connectivity index (χ3n) is 5.21. The van der Waals surface area contributed by atoms with Gasteiger partial charge in [0.2, 0.25) is 11.8 Å². The van der Waals surface area contributed by atoms with Crippen LogP contribution in [0, 0.1) is 0 Å². The van der Waals surface area contributed by atoms with E-state index in [4.69, 9.17) is 9.47 Å². The number of carbonyl (C=O) groups excluding carboxylic acids is 2. The minimum atomic E-state index is -2.93. The molecule has 0 unspecified atom stereocenters. The lowest BCUT2D eigenvalue weighted by Crippen LogP contribution is -2.64. The fraction of sp³-hybridized carbons (Fsp3) is 0.579. The molecule has 9 heteroatoms. The molecule has 2 fully saturated rings. The minimum absolute atomic E-state index is 0.0360. The van der Waals surface area contributed by atoms with Crippen LogP contribution in [-0.2, 0) is 20.9 Å². The van der Waals surface area contributed by atoms with E-state index in [1.165, 1.54) is 19.1 Å². The first-order valence-electron chi connectivity index (χ1n) is 9.14. The lowest BCUT2D eigenvalue weighted by Gasteiger charge is -2.45. The summed E-state index contributed by atoms with van der Waals surface area (Å²) in [5.74, 6) is -2.92. The highest BCUT2D eigenvalue weighted by Gasteiger charge is 2.52. The van der Waals surface area contributed by atoms with Crippen LogP contribution in [0.5, 0.6) is 5.75 Å². The van der Waals surface area contributed by atoms with Gasteiger partial charge in [-0.3, -0.25) is 14.5 Å². The molecule has 0 aromatic heterocycles. The number of ether oxygens (including phenoxy) is 2. The van der Waals surface area contributed by atoms with Gasteiger partial charge in [-0.2, -0.15) is 0 Å². The number of rotatable bonds is 7. The zero-order valence-electron chi connectivity index (χ0n) is 16.0. The number of carbonyl (C=O) groups is 2. The first kappa shape index (κ1) is 20.5. The van der Waals surface area contributed by atoms with Gasteiger partial charge in [0.05, 0.1) is 19.7 Å². The van der Waals surface area contributed by atoms with E-state index in [1.54, 1.807) is 11.0 Å².